The van der Waals surface area contributed by atoms with Crippen molar-refractivity contribution < 1.29 is 9.53 Å². The zero-order chi connectivity index (χ0) is 14.4. The topological polar surface area (TPSA) is 41.6 Å². The Morgan fingerprint density at radius 1 is 1.45 bits per heavy atom. The molecular formula is C15H21BrN2O2. The Bertz CT molecular complexity index is 447. The minimum Gasteiger partial charge on any atom is -0.381 e. The molecule has 0 unspecified atom stereocenters. The van der Waals surface area contributed by atoms with E-state index in [4.69, 9.17) is 4.74 Å². The number of carbonyl (C=O) groups is 1. The number of carbonyl (C=O) groups excluding carboxylic acids is 1. The van der Waals surface area contributed by atoms with Crippen molar-refractivity contribution in [1.82, 2.24) is 10.2 Å². The Hall–Kier alpha value is -0.910. The van der Waals surface area contributed by atoms with Crippen molar-refractivity contribution in [3.05, 3.63) is 34.3 Å². The molecule has 0 atom stereocenters. The molecule has 1 aliphatic heterocycles. The molecule has 1 aromatic rings. The third kappa shape index (κ3) is 4.58. The highest BCUT2D eigenvalue weighted by molar-refractivity contribution is 9.10. The van der Waals surface area contributed by atoms with Gasteiger partial charge in [0.05, 0.1) is 6.54 Å². The van der Waals surface area contributed by atoms with Crippen LogP contribution in [-0.2, 0) is 16.1 Å². The van der Waals surface area contributed by atoms with Crippen LogP contribution < -0.4 is 5.32 Å². The molecule has 5 heteroatoms. The standard InChI is InChI=1S/C15H21BrN2O2/c1-17-15(19)11-18(14-5-7-20-8-6-14)10-12-3-2-4-13(16)9-12/h2-4,9,14H,5-8,10-11H2,1H3,(H,17,19). The van der Waals surface area contributed by atoms with E-state index < -0.39 is 0 Å². The van der Waals surface area contributed by atoms with Gasteiger partial charge in [0, 0.05) is 37.3 Å². The molecule has 0 radical (unpaired) electrons. The molecule has 2 rings (SSSR count). The first-order valence-corrected chi connectivity index (χ1v) is 7.75. The summed E-state index contributed by atoms with van der Waals surface area (Å²) >= 11 is 3.49. The number of benzene rings is 1. The van der Waals surface area contributed by atoms with E-state index in [1.54, 1.807) is 7.05 Å². The van der Waals surface area contributed by atoms with Gasteiger partial charge in [0.15, 0.2) is 0 Å². The second kappa shape index (κ2) is 7.76. The van der Waals surface area contributed by atoms with E-state index in [0.29, 0.717) is 12.6 Å². The van der Waals surface area contributed by atoms with Gasteiger partial charge < -0.3 is 10.1 Å². The van der Waals surface area contributed by atoms with Crippen LogP contribution >= 0.6 is 15.9 Å². The second-order valence-corrected chi connectivity index (χ2v) is 5.97. The van der Waals surface area contributed by atoms with Crippen LogP contribution in [0.1, 0.15) is 18.4 Å². The van der Waals surface area contributed by atoms with Crippen LogP contribution in [0, 0.1) is 0 Å². The van der Waals surface area contributed by atoms with Crippen molar-refractivity contribution in [3.63, 3.8) is 0 Å². The highest BCUT2D eigenvalue weighted by Gasteiger charge is 2.23. The van der Waals surface area contributed by atoms with Gasteiger partial charge in [-0.15, -0.1) is 0 Å². The normalized spacial score (nSPS) is 16.4. The molecule has 1 N–H and O–H groups in total. The number of amides is 1. The van der Waals surface area contributed by atoms with Gasteiger partial charge in [0.2, 0.25) is 5.91 Å². The number of nitrogens with zero attached hydrogens (tertiary/aromatic N) is 1. The Labute approximate surface area is 128 Å². The van der Waals surface area contributed by atoms with E-state index in [2.05, 4.69) is 38.3 Å². The fourth-order valence-electron chi connectivity index (χ4n) is 2.50. The molecule has 1 fully saturated rings. The van der Waals surface area contributed by atoms with Gasteiger partial charge in [-0.1, -0.05) is 28.1 Å². The summed E-state index contributed by atoms with van der Waals surface area (Å²) in [5.74, 6) is 0.0616. The predicted octanol–water partition coefficient (Wildman–Crippen LogP) is 2.18. The van der Waals surface area contributed by atoms with Gasteiger partial charge in [-0.2, -0.15) is 0 Å². The maximum atomic E-state index is 11.7. The first-order valence-electron chi connectivity index (χ1n) is 6.96. The van der Waals surface area contributed by atoms with Crippen molar-refractivity contribution in [1.29, 1.82) is 0 Å². The molecule has 0 aliphatic carbocycles. The lowest BCUT2D eigenvalue weighted by atomic mass is 10.1. The number of likely N-dealkylation sites (N-methyl/N-ethyl adjacent to an activating group) is 1. The summed E-state index contributed by atoms with van der Waals surface area (Å²) < 4.78 is 6.49. The Balaban J connectivity index is 2.06. The first-order chi connectivity index (χ1) is 9.69. The second-order valence-electron chi connectivity index (χ2n) is 5.05. The van der Waals surface area contributed by atoms with E-state index in [1.807, 2.05) is 12.1 Å². The zero-order valence-corrected chi connectivity index (χ0v) is 13.4. The van der Waals surface area contributed by atoms with Gasteiger partial charge in [0.1, 0.15) is 0 Å². The third-order valence-electron chi connectivity index (χ3n) is 3.61. The molecular weight excluding hydrogens is 320 g/mol. The maximum Gasteiger partial charge on any atom is 0.233 e. The fourth-order valence-corrected chi connectivity index (χ4v) is 2.94. The number of ether oxygens (including phenoxy) is 1. The molecule has 0 aromatic heterocycles. The van der Waals surface area contributed by atoms with Crippen LogP contribution in [0.15, 0.2) is 28.7 Å². The average Bonchev–Trinajstić information content (AvgIpc) is 2.47. The molecule has 110 valence electrons. The van der Waals surface area contributed by atoms with E-state index in [1.165, 1.54) is 5.56 Å². The van der Waals surface area contributed by atoms with Crippen molar-refractivity contribution in [2.75, 3.05) is 26.8 Å². The molecule has 4 nitrogen and oxygen atoms in total. The van der Waals surface area contributed by atoms with Crippen molar-refractivity contribution in [3.8, 4) is 0 Å². The molecule has 1 amide bonds. The molecule has 0 bridgehead atoms. The smallest absolute Gasteiger partial charge is 0.233 e. The predicted molar refractivity (Wildman–Crippen MR) is 82.5 cm³/mol. The van der Waals surface area contributed by atoms with Gasteiger partial charge in [0.25, 0.3) is 0 Å². The van der Waals surface area contributed by atoms with Crippen molar-refractivity contribution >= 4 is 21.8 Å². The summed E-state index contributed by atoms with van der Waals surface area (Å²) in [5.41, 5.74) is 1.22. The lowest BCUT2D eigenvalue weighted by Gasteiger charge is -2.33. The summed E-state index contributed by atoms with van der Waals surface area (Å²) in [4.78, 5) is 14.0. The van der Waals surface area contributed by atoms with Crippen LogP contribution in [0.25, 0.3) is 0 Å². The largest absolute Gasteiger partial charge is 0.381 e. The lowest BCUT2D eigenvalue weighted by Crippen LogP contribution is -2.44. The molecule has 20 heavy (non-hydrogen) atoms. The number of hydrogen-bond acceptors (Lipinski definition) is 3. The van der Waals surface area contributed by atoms with Gasteiger partial charge in [-0.05, 0) is 30.5 Å². The molecule has 0 spiro atoms. The minimum atomic E-state index is 0.0616. The van der Waals surface area contributed by atoms with E-state index >= 15 is 0 Å². The van der Waals surface area contributed by atoms with Crippen LogP contribution in [0.5, 0.6) is 0 Å². The van der Waals surface area contributed by atoms with Crippen molar-refractivity contribution in [2.24, 2.45) is 0 Å². The van der Waals surface area contributed by atoms with Crippen LogP contribution in [-0.4, -0.2) is 43.7 Å². The summed E-state index contributed by atoms with van der Waals surface area (Å²) in [5, 5.41) is 2.71. The number of nitrogens with one attached hydrogen (secondary N) is 1. The van der Waals surface area contributed by atoms with E-state index in [-0.39, 0.29) is 5.91 Å². The fraction of sp³-hybridized carbons (Fsp3) is 0.533. The summed E-state index contributed by atoms with van der Waals surface area (Å²) in [6.07, 6.45) is 1.98. The zero-order valence-electron chi connectivity index (χ0n) is 11.8. The Morgan fingerprint density at radius 2 is 2.20 bits per heavy atom. The highest BCUT2D eigenvalue weighted by atomic mass is 79.9. The van der Waals surface area contributed by atoms with Gasteiger partial charge in [-0.3, -0.25) is 9.69 Å². The Kier molecular flexibility index (Phi) is 6.01. The van der Waals surface area contributed by atoms with Gasteiger partial charge in [-0.25, -0.2) is 0 Å². The number of hydrogen-bond donors (Lipinski definition) is 1. The summed E-state index contributed by atoms with van der Waals surface area (Å²) in [7, 11) is 1.68. The highest BCUT2D eigenvalue weighted by Crippen LogP contribution is 2.19. The summed E-state index contributed by atoms with van der Waals surface area (Å²) in [6.45, 7) is 2.80. The number of rotatable bonds is 5. The van der Waals surface area contributed by atoms with E-state index in [0.717, 1.165) is 37.1 Å². The maximum absolute atomic E-state index is 11.7. The first kappa shape index (κ1) is 15.5. The van der Waals surface area contributed by atoms with E-state index in [9.17, 15) is 4.79 Å². The SMILES string of the molecule is CNC(=O)CN(Cc1cccc(Br)c1)C1CCOCC1. The number of halogens is 1. The van der Waals surface area contributed by atoms with Crippen LogP contribution in [0.4, 0.5) is 0 Å². The quantitative estimate of drug-likeness (QED) is 0.893. The monoisotopic (exact) mass is 340 g/mol. The lowest BCUT2D eigenvalue weighted by molar-refractivity contribution is -0.123. The average molecular weight is 341 g/mol. The molecule has 1 aliphatic rings. The molecule has 1 saturated heterocycles. The minimum absolute atomic E-state index is 0.0616. The summed E-state index contributed by atoms with van der Waals surface area (Å²) in [6, 6.07) is 8.67. The molecule has 1 aromatic carbocycles. The Morgan fingerprint density at radius 3 is 2.85 bits per heavy atom. The van der Waals surface area contributed by atoms with Crippen LogP contribution in [0.3, 0.4) is 0 Å². The molecule has 1 heterocycles. The molecule has 0 saturated carbocycles. The third-order valence-corrected chi connectivity index (χ3v) is 4.10. The van der Waals surface area contributed by atoms with Crippen molar-refractivity contribution in [2.45, 2.75) is 25.4 Å². The van der Waals surface area contributed by atoms with Crippen LogP contribution in [0.2, 0.25) is 0 Å². The van der Waals surface area contributed by atoms with Gasteiger partial charge >= 0.3 is 0 Å².